The number of para-hydroxylation sites is 1. The number of hydrogen-bond acceptors (Lipinski definition) is 3. The molecule has 1 atom stereocenters. The molecule has 1 aromatic rings. The van der Waals surface area contributed by atoms with Gasteiger partial charge in [-0.15, -0.1) is 0 Å². The van der Waals surface area contributed by atoms with E-state index in [1.807, 2.05) is 4.90 Å². The second kappa shape index (κ2) is 6.84. The lowest BCUT2D eigenvalue weighted by Gasteiger charge is -2.35. The molecule has 3 nitrogen and oxygen atoms in total. The molecule has 1 unspecified atom stereocenters. The summed E-state index contributed by atoms with van der Waals surface area (Å²) in [5, 5.41) is 0. The Bertz CT molecular complexity index is 476. The van der Waals surface area contributed by atoms with Crippen molar-refractivity contribution in [3.8, 4) is 0 Å². The highest BCUT2D eigenvalue weighted by Gasteiger charge is 2.25. The van der Waals surface area contributed by atoms with E-state index in [1.54, 1.807) is 12.1 Å². The van der Waals surface area contributed by atoms with Crippen LogP contribution in [0.25, 0.3) is 0 Å². The summed E-state index contributed by atoms with van der Waals surface area (Å²) >= 11 is 0. The molecule has 110 valence electrons. The first kappa shape index (κ1) is 15.0. The van der Waals surface area contributed by atoms with Crippen LogP contribution in [0, 0.1) is 5.82 Å². The van der Waals surface area contributed by atoms with Crippen molar-refractivity contribution in [3.05, 3.63) is 29.6 Å². The zero-order valence-corrected chi connectivity index (χ0v) is 12.2. The van der Waals surface area contributed by atoms with Crippen LogP contribution in [-0.2, 0) is 4.74 Å². The number of halogens is 1. The van der Waals surface area contributed by atoms with Gasteiger partial charge in [-0.1, -0.05) is 13.0 Å². The second-order valence-electron chi connectivity index (χ2n) is 5.27. The van der Waals surface area contributed by atoms with E-state index in [2.05, 4.69) is 6.92 Å². The third-order valence-corrected chi connectivity index (χ3v) is 3.62. The van der Waals surface area contributed by atoms with Gasteiger partial charge in [0.2, 0.25) is 0 Å². The van der Waals surface area contributed by atoms with Crippen LogP contribution in [0.1, 0.15) is 43.5 Å². The van der Waals surface area contributed by atoms with Crippen LogP contribution in [0.15, 0.2) is 18.2 Å². The summed E-state index contributed by atoms with van der Waals surface area (Å²) < 4.78 is 19.9. The molecule has 0 aliphatic carbocycles. The van der Waals surface area contributed by atoms with Crippen LogP contribution in [0.3, 0.4) is 0 Å². The number of piperidine rings is 1. The van der Waals surface area contributed by atoms with Crippen LogP contribution in [0.2, 0.25) is 0 Å². The first-order valence-electron chi connectivity index (χ1n) is 7.29. The van der Waals surface area contributed by atoms with Crippen LogP contribution < -0.4 is 4.90 Å². The maximum absolute atomic E-state index is 14.1. The SMILES string of the molecule is CCCOC1CCCN(c2c(F)cccc2C(C)=O)C1. The molecule has 1 aromatic carbocycles. The molecule has 1 aliphatic rings. The van der Waals surface area contributed by atoms with E-state index in [4.69, 9.17) is 4.74 Å². The third-order valence-electron chi connectivity index (χ3n) is 3.62. The summed E-state index contributed by atoms with van der Waals surface area (Å²) in [6, 6.07) is 4.69. The Balaban J connectivity index is 2.20. The molecule has 4 heteroatoms. The Morgan fingerprint density at radius 1 is 1.50 bits per heavy atom. The Hall–Kier alpha value is -1.42. The number of benzene rings is 1. The molecular weight excluding hydrogens is 257 g/mol. The number of nitrogens with zero attached hydrogens (tertiary/aromatic N) is 1. The van der Waals surface area contributed by atoms with Crippen molar-refractivity contribution in [2.45, 2.75) is 39.2 Å². The van der Waals surface area contributed by atoms with E-state index < -0.39 is 0 Å². The molecule has 0 saturated carbocycles. The Kier molecular flexibility index (Phi) is 5.12. The number of rotatable bonds is 5. The fraction of sp³-hybridized carbons (Fsp3) is 0.562. The van der Waals surface area contributed by atoms with E-state index in [1.165, 1.54) is 13.0 Å². The summed E-state index contributed by atoms with van der Waals surface area (Å²) in [4.78, 5) is 13.6. The van der Waals surface area contributed by atoms with Crippen LogP contribution in [0.5, 0.6) is 0 Å². The third kappa shape index (κ3) is 3.37. The van der Waals surface area contributed by atoms with E-state index in [-0.39, 0.29) is 17.7 Å². The summed E-state index contributed by atoms with van der Waals surface area (Å²) in [5.74, 6) is -0.426. The molecule has 0 radical (unpaired) electrons. The lowest BCUT2D eigenvalue weighted by molar-refractivity contribution is 0.0439. The number of anilines is 1. The molecular formula is C16H22FNO2. The van der Waals surface area contributed by atoms with Gasteiger partial charge in [-0.2, -0.15) is 0 Å². The summed E-state index contributed by atoms with van der Waals surface area (Å²) in [6.45, 7) is 5.71. The summed E-state index contributed by atoms with van der Waals surface area (Å²) in [5.41, 5.74) is 0.894. The first-order chi connectivity index (χ1) is 9.63. The molecule has 0 bridgehead atoms. The largest absolute Gasteiger partial charge is 0.376 e. The highest BCUT2D eigenvalue weighted by molar-refractivity contribution is 5.99. The number of Topliss-reactive ketones (excluding diaryl/α,β-unsaturated/α-hetero) is 1. The van der Waals surface area contributed by atoms with Gasteiger partial charge in [0.25, 0.3) is 0 Å². The van der Waals surface area contributed by atoms with Crippen molar-refractivity contribution < 1.29 is 13.9 Å². The maximum atomic E-state index is 14.1. The van der Waals surface area contributed by atoms with Crippen molar-refractivity contribution in [3.63, 3.8) is 0 Å². The standard InChI is InChI=1S/C16H22FNO2/c1-3-10-20-13-6-5-9-18(11-13)16-14(12(2)19)7-4-8-15(16)17/h4,7-8,13H,3,5-6,9-11H2,1-2H3. The minimum absolute atomic E-state index is 0.101. The van der Waals surface area contributed by atoms with E-state index in [0.29, 0.717) is 17.8 Å². The Morgan fingerprint density at radius 3 is 3.00 bits per heavy atom. The number of hydrogen-bond donors (Lipinski definition) is 0. The molecule has 2 rings (SSSR count). The Labute approximate surface area is 119 Å². The predicted octanol–water partition coefficient (Wildman–Crippen LogP) is 3.42. The van der Waals surface area contributed by atoms with Crippen molar-refractivity contribution in [1.82, 2.24) is 0 Å². The number of ketones is 1. The zero-order chi connectivity index (χ0) is 14.5. The summed E-state index contributed by atoms with van der Waals surface area (Å²) in [7, 11) is 0. The van der Waals surface area contributed by atoms with Gasteiger partial charge < -0.3 is 9.64 Å². The molecule has 0 spiro atoms. The van der Waals surface area contributed by atoms with E-state index >= 15 is 0 Å². The molecule has 1 saturated heterocycles. The van der Waals surface area contributed by atoms with Gasteiger partial charge in [-0.25, -0.2) is 4.39 Å². The van der Waals surface area contributed by atoms with Crippen molar-refractivity contribution in [1.29, 1.82) is 0 Å². The second-order valence-corrected chi connectivity index (χ2v) is 5.27. The van der Waals surface area contributed by atoms with Gasteiger partial charge >= 0.3 is 0 Å². The predicted molar refractivity (Wildman–Crippen MR) is 77.9 cm³/mol. The van der Waals surface area contributed by atoms with Crippen molar-refractivity contribution in [2.24, 2.45) is 0 Å². The molecule has 0 N–H and O–H groups in total. The van der Waals surface area contributed by atoms with Crippen LogP contribution in [0.4, 0.5) is 10.1 Å². The molecule has 0 amide bonds. The molecule has 1 aliphatic heterocycles. The highest BCUT2D eigenvalue weighted by atomic mass is 19.1. The lowest BCUT2D eigenvalue weighted by Crippen LogP contribution is -2.41. The maximum Gasteiger partial charge on any atom is 0.161 e. The lowest BCUT2D eigenvalue weighted by atomic mass is 10.0. The monoisotopic (exact) mass is 279 g/mol. The normalized spacial score (nSPS) is 19.1. The van der Waals surface area contributed by atoms with Gasteiger partial charge in [0.1, 0.15) is 5.82 Å². The quantitative estimate of drug-likeness (QED) is 0.773. The number of carbonyl (C=O) groups is 1. The first-order valence-corrected chi connectivity index (χ1v) is 7.29. The summed E-state index contributed by atoms with van der Waals surface area (Å²) in [6.07, 6.45) is 3.07. The minimum atomic E-state index is -0.325. The fourth-order valence-corrected chi connectivity index (χ4v) is 2.68. The number of carbonyl (C=O) groups excluding carboxylic acids is 1. The molecule has 1 heterocycles. The zero-order valence-electron chi connectivity index (χ0n) is 12.2. The van der Waals surface area contributed by atoms with Crippen molar-refractivity contribution >= 4 is 11.5 Å². The highest BCUT2D eigenvalue weighted by Crippen LogP contribution is 2.28. The average Bonchev–Trinajstić information content (AvgIpc) is 2.45. The topological polar surface area (TPSA) is 29.5 Å². The molecule has 1 fully saturated rings. The van der Waals surface area contributed by atoms with E-state index in [0.717, 1.165) is 32.4 Å². The van der Waals surface area contributed by atoms with Crippen LogP contribution >= 0.6 is 0 Å². The van der Waals surface area contributed by atoms with Gasteiger partial charge in [0, 0.05) is 25.3 Å². The van der Waals surface area contributed by atoms with Crippen molar-refractivity contribution in [2.75, 3.05) is 24.6 Å². The van der Waals surface area contributed by atoms with Gasteiger partial charge in [-0.05, 0) is 38.3 Å². The van der Waals surface area contributed by atoms with Crippen LogP contribution in [-0.4, -0.2) is 31.6 Å². The van der Waals surface area contributed by atoms with Gasteiger partial charge in [-0.3, -0.25) is 4.79 Å². The van der Waals surface area contributed by atoms with E-state index in [9.17, 15) is 9.18 Å². The minimum Gasteiger partial charge on any atom is -0.376 e. The Morgan fingerprint density at radius 2 is 2.30 bits per heavy atom. The smallest absolute Gasteiger partial charge is 0.161 e. The number of ether oxygens (including phenoxy) is 1. The molecule has 0 aromatic heterocycles. The fourth-order valence-electron chi connectivity index (χ4n) is 2.68. The van der Waals surface area contributed by atoms with Gasteiger partial charge in [0.05, 0.1) is 11.8 Å². The average molecular weight is 279 g/mol. The van der Waals surface area contributed by atoms with Gasteiger partial charge in [0.15, 0.2) is 5.78 Å². The molecule has 20 heavy (non-hydrogen) atoms.